The van der Waals surface area contributed by atoms with Crippen LogP contribution in [-0.4, -0.2) is 65.7 Å². The molecule has 0 saturated carbocycles. The van der Waals surface area contributed by atoms with Gasteiger partial charge >= 0.3 is 5.97 Å². The average molecular weight is 396 g/mol. The number of carbonyl (C=O) groups is 2. The summed E-state index contributed by atoms with van der Waals surface area (Å²) in [7, 11) is 1.63. The van der Waals surface area contributed by atoms with Crippen molar-refractivity contribution in [3.05, 3.63) is 65.2 Å². The van der Waals surface area contributed by atoms with Crippen molar-refractivity contribution in [2.24, 2.45) is 0 Å². The lowest BCUT2D eigenvalue weighted by Gasteiger charge is -2.36. The third kappa shape index (κ3) is 4.26. The topological polar surface area (TPSA) is 79.3 Å². The van der Waals surface area contributed by atoms with Crippen molar-refractivity contribution in [3.8, 4) is 5.75 Å². The summed E-state index contributed by atoms with van der Waals surface area (Å²) in [5, 5.41) is 9.03. The molecule has 152 valence electrons. The molecule has 0 spiro atoms. The molecule has 7 heteroatoms. The maximum absolute atomic E-state index is 12.5. The smallest absolute Gasteiger partial charge is 0.335 e. The first kappa shape index (κ1) is 19.4. The van der Waals surface area contributed by atoms with Crippen LogP contribution in [-0.2, 0) is 22.6 Å². The van der Waals surface area contributed by atoms with Gasteiger partial charge in [0.15, 0.2) is 0 Å². The van der Waals surface area contributed by atoms with Crippen molar-refractivity contribution in [2.75, 3.05) is 26.8 Å². The van der Waals surface area contributed by atoms with Gasteiger partial charge in [-0.2, -0.15) is 0 Å². The molecule has 2 fully saturated rings. The lowest BCUT2D eigenvalue weighted by molar-refractivity contribution is -0.153. The number of carbonyl (C=O) groups excluding carboxylic acids is 1. The van der Waals surface area contributed by atoms with Gasteiger partial charge in [0.05, 0.1) is 24.8 Å². The molecule has 7 nitrogen and oxygen atoms in total. The van der Waals surface area contributed by atoms with Gasteiger partial charge in [0.2, 0.25) is 5.91 Å². The number of carboxylic acids is 1. The summed E-state index contributed by atoms with van der Waals surface area (Å²) in [6, 6.07) is 14.7. The molecule has 2 atom stereocenters. The number of carboxylic acid groups (broad SMARTS) is 1. The largest absolute Gasteiger partial charge is 0.497 e. The van der Waals surface area contributed by atoms with Gasteiger partial charge in [0, 0.05) is 26.2 Å². The number of methoxy groups -OCH3 is 1. The van der Waals surface area contributed by atoms with Gasteiger partial charge in [-0.05, 0) is 35.4 Å². The molecule has 2 heterocycles. The van der Waals surface area contributed by atoms with Crippen molar-refractivity contribution in [1.82, 2.24) is 9.80 Å². The van der Waals surface area contributed by atoms with Gasteiger partial charge in [-0.3, -0.25) is 9.69 Å². The molecule has 0 radical (unpaired) electrons. The first-order valence-electron chi connectivity index (χ1n) is 9.62. The summed E-state index contributed by atoms with van der Waals surface area (Å²) < 4.78 is 11.0. The number of likely N-dealkylation sites (tertiary alicyclic amines) is 1. The lowest BCUT2D eigenvalue weighted by Crippen LogP contribution is -2.53. The Morgan fingerprint density at radius 1 is 1.07 bits per heavy atom. The molecule has 0 unspecified atom stereocenters. The van der Waals surface area contributed by atoms with Gasteiger partial charge in [-0.25, -0.2) is 4.79 Å². The van der Waals surface area contributed by atoms with E-state index < -0.39 is 5.97 Å². The van der Waals surface area contributed by atoms with Crippen LogP contribution in [0.15, 0.2) is 48.5 Å². The van der Waals surface area contributed by atoms with Gasteiger partial charge in [0.1, 0.15) is 12.4 Å². The molecular weight excluding hydrogens is 372 g/mol. The zero-order valence-corrected chi connectivity index (χ0v) is 16.3. The van der Waals surface area contributed by atoms with Crippen LogP contribution < -0.4 is 4.74 Å². The van der Waals surface area contributed by atoms with Crippen LogP contribution in [0.25, 0.3) is 0 Å². The minimum Gasteiger partial charge on any atom is -0.497 e. The van der Waals surface area contributed by atoms with Crippen molar-refractivity contribution in [3.63, 3.8) is 0 Å². The van der Waals surface area contributed by atoms with Crippen LogP contribution in [0, 0.1) is 0 Å². The quantitative estimate of drug-likeness (QED) is 0.805. The molecule has 2 aliphatic rings. The standard InChI is InChI=1S/C22H24N2O5/c1-28-18-8-4-16(5-9-18)11-24-19-12-23(13-20(19)29-14-21(24)25)10-15-2-6-17(7-3-15)22(26)27/h2-9,19-20H,10-14H2,1H3,(H,26,27)/t19-,20+/m1/s1. The lowest BCUT2D eigenvalue weighted by atomic mass is 10.1. The maximum atomic E-state index is 12.5. The Kier molecular flexibility index (Phi) is 5.51. The van der Waals surface area contributed by atoms with E-state index in [0.29, 0.717) is 13.1 Å². The monoisotopic (exact) mass is 396 g/mol. The van der Waals surface area contributed by atoms with E-state index in [1.165, 1.54) is 0 Å². The number of aromatic carboxylic acids is 1. The molecule has 2 aromatic carbocycles. The summed E-state index contributed by atoms with van der Waals surface area (Å²) in [6.45, 7) is 2.83. The molecule has 0 aromatic heterocycles. The number of hydrogen-bond donors (Lipinski definition) is 1. The Morgan fingerprint density at radius 3 is 2.38 bits per heavy atom. The van der Waals surface area contributed by atoms with E-state index in [2.05, 4.69) is 4.90 Å². The maximum Gasteiger partial charge on any atom is 0.335 e. The fraction of sp³-hybridized carbons (Fsp3) is 0.364. The van der Waals surface area contributed by atoms with Crippen LogP contribution in [0.2, 0.25) is 0 Å². The number of rotatable bonds is 6. The van der Waals surface area contributed by atoms with Gasteiger partial charge in [-0.1, -0.05) is 24.3 Å². The van der Waals surface area contributed by atoms with Crippen LogP contribution >= 0.6 is 0 Å². The molecule has 2 aliphatic heterocycles. The Labute approximate surface area is 169 Å². The number of hydrogen-bond acceptors (Lipinski definition) is 5. The fourth-order valence-corrected chi connectivity index (χ4v) is 4.02. The van der Waals surface area contributed by atoms with E-state index >= 15 is 0 Å². The van der Waals surface area contributed by atoms with Crippen LogP contribution in [0.1, 0.15) is 21.5 Å². The highest BCUT2D eigenvalue weighted by atomic mass is 16.5. The van der Waals surface area contributed by atoms with Crippen molar-refractivity contribution >= 4 is 11.9 Å². The third-order valence-corrected chi connectivity index (χ3v) is 5.57. The highest BCUT2D eigenvalue weighted by molar-refractivity contribution is 5.87. The molecular formula is C22H24N2O5. The second-order valence-corrected chi connectivity index (χ2v) is 7.48. The van der Waals surface area contributed by atoms with E-state index in [1.54, 1.807) is 19.2 Å². The molecule has 29 heavy (non-hydrogen) atoms. The second kappa shape index (κ2) is 8.23. The highest BCUT2D eigenvalue weighted by Crippen LogP contribution is 2.27. The van der Waals surface area contributed by atoms with E-state index in [4.69, 9.17) is 14.6 Å². The molecule has 2 aromatic rings. The number of nitrogens with zero attached hydrogens (tertiary/aromatic N) is 2. The summed E-state index contributed by atoms with van der Waals surface area (Å²) >= 11 is 0. The van der Waals surface area contributed by atoms with E-state index in [9.17, 15) is 9.59 Å². The predicted molar refractivity (Wildman–Crippen MR) is 106 cm³/mol. The summed E-state index contributed by atoms with van der Waals surface area (Å²) in [4.78, 5) is 27.7. The van der Waals surface area contributed by atoms with Crippen molar-refractivity contribution < 1.29 is 24.2 Å². The number of morpholine rings is 1. The summed E-state index contributed by atoms with van der Waals surface area (Å²) in [5.74, 6) is -0.125. The van der Waals surface area contributed by atoms with Crippen LogP contribution in [0.4, 0.5) is 0 Å². The van der Waals surface area contributed by atoms with E-state index in [-0.39, 0.29) is 30.2 Å². The minimum atomic E-state index is -0.926. The molecule has 1 amide bonds. The second-order valence-electron chi connectivity index (χ2n) is 7.48. The Morgan fingerprint density at radius 2 is 1.72 bits per heavy atom. The zero-order valence-electron chi connectivity index (χ0n) is 16.3. The Hall–Kier alpha value is -2.90. The zero-order chi connectivity index (χ0) is 20.4. The Balaban J connectivity index is 1.43. The number of fused-ring (bicyclic) bond motifs is 1. The third-order valence-electron chi connectivity index (χ3n) is 5.57. The number of benzene rings is 2. The molecule has 4 rings (SSSR count). The van der Waals surface area contributed by atoms with Gasteiger partial charge in [-0.15, -0.1) is 0 Å². The van der Waals surface area contributed by atoms with Crippen LogP contribution in [0.5, 0.6) is 5.75 Å². The molecule has 0 bridgehead atoms. The van der Waals surface area contributed by atoms with Crippen molar-refractivity contribution in [1.29, 1.82) is 0 Å². The Bertz CT molecular complexity index is 881. The summed E-state index contributed by atoms with van der Waals surface area (Å²) in [5.41, 5.74) is 2.38. The molecule has 1 N–H and O–H groups in total. The SMILES string of the molecule is COc1ccc(CN2C(=O)CO[C@H]3CN(Cc4ccc(C(=O)O)cc4)C[C@H]32)cc1. The normalized spacial score (nSPS) is 21.8. The number of amides is 1. The summed E-state index contributed by atoms with van der Waals surface area (Å²) in [6.07, 6.45) is -0.00996. The van der Waals surface area contributed by atoms with Gasteiger partial charge in [0.25, 0.3) is 0 Å². The first-order chi connectivity index (χ1) is 14.0. The molecule has 0 aliphatic carbocycles. The molecule has 2 saturated heterocycles. The van der Waals surface area contributed by atoms with E-state index in [1.807, 2.05) is 41.3 Å². The van der Waals surface area contributed by atoms with E-state index in [0.717, 1.165) is 30.0 Å². The average Bonchev–Trinajstić information content (AvgIpc) is 3.14. The minimum absolute atomic E-state index is 0.00901. The first-order valence-corrected chi connectivity index (χ1v) is 9.62. The van der Waals surface area contributed by atoms with Gasteiger partial charge < -0.3 is 19.5 Å². The predicted octanol–water partition coefficient (Wildman–Crippen LogP) is 2.01. The fourth-order valence-electron chi connectivity index (χ4n) is 4.02. The van der Waals surface area contributed by atoms with Crippen molar-refractivity contribution in [2.45, 2.75) is 25.2 Å². The number of ether oxygens (including phenoxy) is 2. The van der Waals surface area contributed by atoms with Crippen LogP contribution in [0.3, 0.4) is 0 Å². The highest BCUT2D eigenvalue weighted by Gasteiger charge is 2.42.